The van der Waals surface area contributed by atoms with Crippen molar-refractivity contribution in [2.45, 2.75) is 26.2 Å². The summed E-state index contributed by atoms with van der Waals surface area (Å²) in [6.45, 7) is 4.24. The van der Waals surface area contributed by atoms with E-state index in [1.165, 1.54) is 7.05 Å². The van der Waals surface area contributed by atoms with Gasteiger partial charge >= 0.3 is 6.09 Å². The molecular weight excluding hydrogens is 206 g/mol. The van der Waals surface area contributed by atoms with Crippen molar-refractivity contribution < 1.29 is 15.0 Å². The van der Waals surface area contributed by atoms with Crippen molar-refractivity contribution in [1.82, 2.24) is 5.32 Å². The van der Waals surface area contributed by atoms with E-state index in [2.05, 4.69) is 13.8 Å². The minimum absolute atomic E-state index is 0.418. The molecule has 0 aliphatic carbocycles. The number of carbonyl (C=O) groups is 1. The number of benzene rings is 1. The summed E-state index contributed by atoms with van der Waals surface area (Å²) in [5, 5.41) is 19.0. The maximum Gasteiger partial charge on any atom is 0.404 e. The average molecular weight is 225 g/mol. The summed E-state index contributed by atoms with van der Waals surface area (Å²) in [4.78, 5) is 9.26. The van der Waals surface area contributed by atoms with Gasteiger partial charge in [-0.25, -0.2) is 4.79 Å². The number of para-hydroxylation sites is 1. The van der Waals surface area contributed by atoms with E-state index in [0.717, 1.165) is 12.0 Å². The van der Waals surface area contributed by atoms with Gasteiger partial charge in [0, 0.05) is 7.05 Å². The molecule has 0 fully saturated rings. The number of phenols is 1. The van der Waals surface area contributed by atoms with Crippen molar-refractivity contribution in [2.24, 2.45) is 0 Å². The molecule has 0 aliphatic heterocycles. The molecule has 0 saturated heterocycles. The molecule has 0 aromatic heterocycles. The third-order valence-corrected chi connectivity index (χ3v) is 2.29. The van der Waals surface area contributed by atoms with Crippen LogP contribution in [0.15, 0.2) is 24.3 Å². The quantitative estimate of drug-likeness (QED) is 0.724. The molecule has 90 valence electrons. The van der Waals surface area contributed by atoms with E-state index >= 15 is 0 Å². The zero-order valence-electron chi connectivity index (χ0n) is 9.90. The molecule has 4 heteroatoms. The Balaban J connectivity index is 0.000000385. The Bertz CT molecular complexity index is 326. The third kappa shape index (κ3) is 5.24. The number of rotatable bonds is 2. The molecule has 1 aromatic rings. The van der Waals surface area contributed by atoms with Crippen LogP contribution >= 0.6 is 0 Å². The van der Waals surface area contributed by atoms with Crippen LogP contribution < -0.4 is 5.32 Å². The van der Waals surface area contributed by atoms with Crippen molar-refractivity contribution in [3.63, 3.8) is 0 Å². The van der Waals surface area contributed by atoms with Crippen LogP contribution in [-0.4, -0.2) is 23.4 Å². The van der Waals surface area contributed by atoms with Crippen molar-refractivity contribution in [3.8, 4) is 5.75 Å². The molecule has 1 aromatic carbocycles. The van der Waals surface area contributed by atoms with Crippen LogP contribution in [0.2, 0.25) is 0 Å². The van der Waals surface area contributed by atoms with E-state index in [4.69, 9.17) is 5.11 Å². The van der Waals surface area contributed by atoms with Crippen LogP contribution in [0.4, 0.5) is 4.79 Å². The van der Waals surface area contributed by atoms with Gasteiger partial charge in [0.05, 0.1) is 0 Å². The minimum Gasteiger partial charge on any atom is -0.508 e. The topological polar surface area (TPSA) is 69.6 Å². The summed E-state index contributed by atoms with van der Waals surface area (Å²) < 4.78 is 0. The molecule has 0 aliphatic rings. The van der Waals surface area contributed by atoms with Gasteiger partial charge in [-0.3, -0.25) is 0 Å². The van der Waals surface area contributed by atoms with Gasteiger partial charge in [0.2, 0.25) is 0 Å². The van der Waals surface area contributed by atoms with Crippen molar-refractivity contribution >= 4 is 6.09 Å². The van der Waals surface area contributed by atoms with Gasteiger partial charge < -0.3 is 15.5 Å². The molecule has 1 amide bonds. The Morgan fingerprint density at radius 1 is 1.44 bits per heavy atom. The maximum absolute atomic E-state index is 9.41. The lowest BCUT2D eigenvalue weighted by molar-refractivity contribution is 0.197. The van der Waals surface area contributed by atoms with Gasteiger partial charge in [0.25, 0.3) is 0 Å². The highest BCUT2D eigenvalue weighted by Crippen LogP contribution is 2.26. The number of aromatic hydroxyl groups is 1. The van der Waals surface area contributed by atoms with Gasteiger partial charge in [0.15, 0.2) is 0 Å². The first-order valence-electron chi connectivity index (χ1n) is 5.21. The Labute approximate surface area is 95.9 Å². The van der Waals surface area contributed by atoms with Crippen LogP contribution in [-0.2, 0) is 0 Å². The van der Waals surface area contributed by atoms with Gasteiger partial charge in [-0.05, 0) is 24.0 Å². The molecule has 0 radical (unpaired) electrons. The summed E-state index contributed by atoms with van der Waals surface area (Å²) >= 11 is 0. The standard InChI is InChI=1S/C10H14O.C2H5NO2/c1-3-8(2)9-6-4-5-7-10(9)11;1-3-2(4)5/h4-8,11H,3H2,1-2H3;3H,1H3,(H,4,5). The minimum atomic E-state index is -0.995. The second-order valence-corrected chi connectivity index (χ2v) is 3.42. The smallest absolute Gasteiger partial charge is 0.404 e. The van der Waals surface area contributed by atoms with Gasteiger partial charge in [-0.1, -0.05) is 32.0 Å². The van der Waals surface area contributed by atoms with Crippen LogP contribution in [0.25, 0.3) is 0 Å². The van der Waals surface area contributed by atoms with Crippen LogP contribution in [0.3, 0.4) is 0 Å². The fourth-order valence-electron chi connectivity index (χ4n) is 1.12. The van der Waals surface area contributed by atoms with Crippen LogP contribution in [0.1, 0.15) is 31.7 Å². The predicted molar refractivity (Wildman–Crippen MR) is 63.9 cm³/mol. The number of phenolic OH excluding ortho intramolecular Hbond substituents is 1. The van der Waals surface area contributed by atoms with Gasteiger partial charge in [-0.15, -0.1) is 0 Å². The maximum atomic E-state index is 9.41. The normalized spacial score (nSPS) is 10.9. The summed E-state index contributed by atoms with van der Waals surface area (Å²) in [6, 6.07) is 7.52. The van der Waals surface area contributed by atoms with Crippen LogP contribution in [0, 0.1) is 0 Å². The molecule has 1 rings (SSSR count). The molecule has 0 spiro atoms. The van der Waals surface area contributed by atoms with E-state index < -0.39 is 6.09 Å². The monoisotopic (exact) mass is 225 g/mol. The Morgan fingerprint density at radius 2 is 1.94 bits per heavy atom. The first-order valence-corrected chi connectivity index (χ1v) is 5.21. The van der Waals surface area contributed by atoms with E-state index in [-0.39, 0.29) is 0 Å². The molecule has 0 saturated carbocycles. The number of hydrogen-bond acceptors (Lipinski definition) is 2. The SMILES string of the molecule is CCC(C)c1ccccc1O.CNC(=O)O. The van der Waals surface area contributed by atoms with E-state index in [0.29, 0.717) is 11.7 Å². The lowest BCUT2D eigenvalue weighted by atomic mass is 9.98. The number of hydrogen-bond donors (Lipinski definition) is 3. The molecule has 1 unspecified atom stereocenters. The lowest BCUT2D eigenvalue weighted by Crippen LogP contribution is -2.13. The van der Waals surface area contributed by atoms with E-state index in [9.17, 15) is 9.90 Å². The summed E-state index contributed by atoms with van der Waals surface area (Å²) in [5.74, 6) is 0.873. The summed E-state index contributed by atoms with van der Waals surface area (Å²) in [6.07, 6.45) is 0.0717. The molecule has 1 atom stereocenters. The number of nitrogens with one attached hydrogen (secondary N) is 1. The fraction of sp³-hybridized carbons (Fsp3) is 0.417. The Hall–Kier alpha value is -1.71. The molecule has 0 heterocycles. The summed E-state index contributed by atoms with van der Waals surface area (Å²) in [5.41, 5.74) is 1.05. The second-order valence-electron chi connectivity index (χ2n) is 3.42. The van der Waals surface area contributed by atoms with Crippen molar-refractivity contribution in [2.75, 3.05) is 7.05 Å². The largest absolute Gasteiger partial charge is 0.508 e. The second kappa shape index (κ2) is 7.56. The molecule has 16 heavy (non-hydrogen) atoms. The first-order chi connectivity index (χ1) is 7.52. The lowest BCUT2D eigenvalue weighted by Gasteiger charge is -2.09. The van der Waals surface area contributed by atoms with Gasteiger partial charge in [0.1, 0.15) is 5.75 Å². The highest BCUT2D eigenvalue weighted by molar-refractivity contribution is 5.63. The first kappa shape index (κ1) is 14.3. The van der Waals surface area contributed by atoms with Crippen LogP contribution in [0.5, 0.6) is 5.75 Å². The molecular formula is C12H19NO3. The van der Waals surface area contributed by atoms with E-state index in [1.807, 2.05) is 23.5 Å². The van der Waals surface area contributed by atoms with Crippen molar-refractivity contribution in [1.29, 1.82) is 0 Å². The zero-order chi connectivity index (χ0) is 12.6. The van der Waals surface area contributed by atoms with Crippen molar-refractivity contribution in [3.05, 3.63) is 29.8 Å². The number of amides is 1. The number of carboxylic acid groups (broad SMARTS) is 1. The van der Waals surface area contributed by atoms with Gasteiger partial charge in [-0.2, -0.15) is 0 Å². The zero-order valence-corrected chi connectivity index (χ0v) is 9.90. The summed E-state index contributed by atoms with van der Waals surface area (Å²) in [7, 11) is 1.35. The predicted octanol–water partition coefficient (Wildman–Crippen LogP) is 2.79. The molecule has 0 bridgehead atoms. The Morgan fingerprint density at radius 3 is 2.31 bits per heavy atom. The molecule has 3 N–H and O–H groups in total. The average Bonchev–Trinajstić information content (AvgIpc) is 2.29. The fourth-order valence-corrected chi connectivity index (χ4v) is 1.12. The third-order valence-electron chi connectivity index (χ3n) is 2.29. The highest BCUT2D eigenvalue weighted by Gasteiger charge is 2.05. The molecule has 4 nitrogen and oxygen atoms in total. The highest BCUT2D eigenvalue weighted by atomic mass is 16.4. The van der Waals surface area contributed by atoms with E-state index in [1.54, 1.807) is 6.07 Å². The Kier molecular flexibility index (Phi) is 6.76.